The first kappa shape index (κ1) is 19.5. The number of hydrogen-bond donors (Lipinski definition) is 0. The average Bonchev–Trinajstić information content (AvgIpc) is 3.35. The molecule has 1 heteroatoms. The standard InChI is InChI=1S/C30H27N/c1-2-7-25(8-3-1)21-27-12-16-28-15-11-26(22-29(28)23-27)10-6-9-24-13-17-30(18-14-24)31-19-4-5-20-31/h1-3,7-8,11-18,22-23H,4-5,9,19-21H2. The lowest BCUT2D eigenvalue weighted by molar-refractivity contribution is 0.949. The van der Waals surface area contributed by atoms with Crippen LogP contribution in [0.5, 0.6) is 0 Å². The van der Waals surface area contributed by atoms with Crippen molar-refractivity contribution in [2.75, 3.05) is 18.0 Å². The van der Waals surface area contributed by atoms with Crippen LogP contribution in [0, 0.1) is 11.8 Å². The second-order valence-electron chi connectivity index (χ2n) is 8.40. The Bertz CT molecular complexity index is 1220. The molecule has 152 valence electrons. The first-order valence-electron chi connectivity index (χ1n) is 11.2. The third kappa shape index (κ3) is 4.81. The molecular formula is C30H27N. The second kappa shape index (κ2) is 9.11. The molecule has 0 spiro atoms. The molecule has 1 aliphatic heterocycles. The molecular weight excluding hydrogens is 374 g/mol. The van der Waals surface area contributed by atoms with Crippen LogP contribution in [0.1, 0.15) is 35.1 Å². The molecule has 5 rings (SSSR count). The Morgan fingerprint density at radius 2 is 1.39 bits per heavy atom. The highest BCUT2D eigenvalue weighted by molar-refractivity contribution is 5.84. The number of hydrogen-bond acceptors (Lipinski definition) is 1. The lowest BCUT2D eigenvalue weighted by atomic mass is 10.00. The van der Waals surface area contributed by atoms with Crippen LogP contribution in [-0.2, 0) is 12.8 Å². The predicted molar refractivity (Wildman–Crippen MR) is 132 cm³/mol. The van der Waals surface area contributed by atoms with Crippen molar-refractivity contribution in [3.8, 4) is 11.8 Å². The third-order valence-electron chi connectivity index (χ3n) is 6.09. The smallest absolute Gasteiger partial charge is 0.0366 e. The maximum Gasteiger partial charge on any atom is 0.0366 e. The molecule has 0 unspecified atom stereocenters. The monoisotopic (exact) mass is 401 g/mol. The molecule has 0 radical (unpaired) electrons. The van der Waals surface area contributed by atoms with E-state index in [0.29, 0.717) is 0 Å². The normalized spacial score (nSPS) is 13.2. The van der Waals surface area contributed by atoms with Crippen molar-refractivity contribution in [3.63, 3.8) is 0 Å². The molecule has 1 fully saturated rings. The van der Waals surface area contributed by atoms with E-state index in [9.17, 15) is 0 Å². The lowest BCUT2D eigenvalue weighted by Gasteiger charge is -2.17. The Kier molecular flexibility index (Phi) is 5.72. The maximum atomic E-state index is 3.36. The maximum absolute atomic E-state index is 3.36. The highest BCUT2D eigenvalue weighted by Gasteiger charge is 2.11. The quantitative estimate of drug-likeness (QED) is 0.347. The lowest BCUT2D eigenvalue weighted by Crippen LogP contribution is -2.17. The summed E-state index contributed by atoms with van der Waals surface area (Å²) in [5.41, 5.74) is 6.38. The second-order valence-corrected chi connectivity index (χ2v) is 8.40. The zero-order valence-electron chi connectivity index (χ0n) is 17.9. The summed E-state index contributed by atoms with van der Waals surface area (Å²) in [5, 5.41) is 2.52. The summed E-state index contributed by atoms with van der Waals surface area (Å²) in [5.74, 6) is 6.73. The van der Waals surface area contributed by atoms with Crippen molar-refractivity contribution in [2.24, 2.45) is 0 Å². The van der Waals surface area contributed by atoms with E-state index in [-0.39, 0.29) is 0 Å². The fraction of sp³-hybridized carbons (Fsp3) is 0.200. The molecule has 0 aromatic heterocycles. The van der Waals surface area contributed by atoms with Gasteiger partial charge in [-0.3, -0.25) is 0 Å². The fourth-order valence-corrected chi connectivity index (χ4v) is 4.36. The summed E-state index contributed by atoms with van der Waals surface area (Å²) in [6.45, 7) is 2.38. The number of fused-ring (bicyclic) bond motifs is 1. The largest absolute Gasteiger partial charge is 0.372 e. The van der Waals surface area contributed by atoms with Gasteiger partial charge in [-0.05, 0) is 71.0 Å². The van der Waals surface area contributed by atoms with Gasteiger partial charge >= 0.3 is 0 Å². The van der Waals surface area contributed by atoms with Gasteiger partial charge in [-0.2, -0.15) is 0 Å². The molecule has 1 aliphatic rings. The van der Waals surface area contributed by atoms with Gasteiger partial charge in [-0.15, -0.1) is 0 Å². The van der Waals surface area contributed by atoms with E-state index in [2.05, 4.69) is 108 Å². The van der Waals surface area contributed by atoms with Crippen molar-refractivity contribution >= 4 is 16.5 Å². The summed E-state index contributed by atoms with van der Waals surface area (Å²) in [6.07, 6.45) is 4.37. The van der Waals surface area contributed by atoms with Gasteiger partial charge in [0.05, 0.1) is 0 Å². The van der Waals surface area contributed by atoms with Gasteiger partial charge in [-0.25, -0.2) is 0 Å². The van der Waals surface area contributed by atoms with Gasteiger partial charge < -0.3 is 4.90 Å². The van der Waals surface area contributed by atoms with E-state index >= 15 is 0 Å². The molecule has 1 saturated heterocycles. The van der Waals surface area contributed by atoms with Crippen molar-refractivity contribution in [1.29, 1.82) is 0 Å². The van der Waals surface area contributed by atoms with Crippen LogP contribution in [0.4, 0.5) is 5.69 Å². The van der Waals surface area contributed by atoms with E-state index in [0.717, 1.165) is 18.4 Å². The molecule has 0 amide bonds. The Labute approximate surface area is 185 Å². The summed E-state index contributed by atoms with van der Waals surface area (Å²) >= 11 is 0. The van der Waals surface area contributed by atoms with E-state index in [1.54, 1.807) is 0 Å². The Balaban J connectivity index is 1.28. The van der Waals surface area contributed by atoms with Gasteiger partial charge in [0.1, 0.15) is 0 Å². The minimum Gasteiger partial charge on any atom is -0.372 e. The first-order chi connectivity index (χ1) is 15.3. The topological polar surface area (TPSA) is 3.24 Å². The van der Waals surface area contributed by atoms with Crippen LogP contribution < -0.4 is 4.90 Å². The molecule has 1 nitrogen and oxygen atoms in total. The molecule has 0 saturated carbocycles. The van der Waals surface area contributed by atoms with Crippen molar-refractivity contribution in [3.05, 3.63) is 113 Å². The van der Waals surface area contributed by atoms with E-state index in [1.807, 2.05) is 0 Å². The van der Waals surface area contributed by atoms with Gasteiger partial charge in [-0.1, -0.05) is 78.6 Å². The zero-order chi connectivity index (χ0) is 20.9. The van der Waals surface area contributed by atoms with E-state index in [1.165, 1.54) is 59.1 Å². The van der Waals surface area contributed by atoms with Crippen LogP contribution in [0.2, 0.25) is 0 Å². The number of rotatable bonds is 4. The molecule has 0 aliphatic carbocycles. The van der Waals surface area contributed by atoms with Crippen LogP contribution in [0.25, 0.3) is 10.8 Å². The average molecular weight is 402 g/mol. The van der Waals surface area contributed by atoms with Gasteiger partial charge in [0.25, 0.3) is 0 Å². The minimum atomic E-state index is 0.784. The molecule has 31 heavy (non-hydrogen) atoms. The molecule has 0 bridgehead atoms. The first-order valence-corrected chi connectivity index (χ1v) is 11.2. The van der Waals surface area contributed by atoms with Crippen molar-refractivity contribution in [1.82, 2.24) is 0 Å². The third-order valence-corrected chi connectivity index (χ3v) is 6.09. The Morgan fingerprint density at radius 3 is 2.19 bits per heavy atom. The SMILES string of the molecule is C(#Cc1ccc2ccc(Cc3ccccc3)cc2c1)Cc1ccc(N2CCCC2)cc1. The van der Waals surface area contributed by atoms with Crippen molar-refractivity contribution < 1.29 is 0 Å². The molecule has 0 atom stereocenters. The van der Waals surface area contributed by atoms with E-state index in [4.69, 9.17) is 0 Å². The van der Waals surface area contributed by atoms with Gasteiger partial charge in [0, 0.05) is 30.8 Å². The van der Waals surface area contributed by atoms with E-state index < -0.39 is 0 Å². The Morgan fingerprint density at radius 1 is 0.645 bits per heavy atom. The molecule has 4 aromatic rings. The van der Waals surface area contributed by atoms with Crippen LogP contribution in [-0.4, -0.2) is 13.1 Å². The fourth-order valence-electron chi connectivity index (χ4n) is 4.36. The summed E-state index contributed by atoms with van der Waals surface area (Å²) in [6, 6.07) is 32.8. The number of nitrogens with zero attached hydrogens (tertiary/aromatic N) is 1. The van der Waals surface area contributed by atoms with Crippen LogP contribution in [0.3, 0.4) is 0 Å². The number of anilines is 1. The van der Waals surface area contributed by atoms with Gasteiger partial charge in [0.2, 0.25) is 0 Å². The van der Waals surface area contributed by atoms with Crippen LogP contribution in [0.15, 0.2) is 91.0 Å². The predicted octanol–water partition coefficient (Wildman–Crippen LogP) is 6.63. The highest BCUT2D eigenvalue weighted by Crippen LogP contribution is 2.21. The molecule has 4 aromatic carbocycles. The zero-order valence-corrected chi connectivity index (χ0v) is 17.9. The summed E-state index contributed by atoms with van der Waals surface area (Å²) in [4.78, 5) is 2.47. The molecule has 0 N–H and O–H groups in total. The highest BCUT2D eigenvalue weighted by atomic mass is 15.1. The van der Waals surface area contributed by atoms with Crippen molar-refractivity contribution in [2.45, 2.75) is 25.7 Å². The van der Waals surface area contributed by atoms with Gasteiger partial charge in [0.15, 0.2) is 0 Å². The molecule has 1 heterocycles. The summed E-state index contributed by atoms with van der Waals surface area (Å²) in [7, 11) is 0. The minimum absolute atomic E-state index is 0.784. The summed E-state index contributed by atoms with van der Waals surface area (Å²) < 4.78 is 0. The van der Waals surface area contributed by atoms with Crippen LogP contribution >= 0.6 is 0 Å². The Hall–Kier alpha value is -3.50. The number of benzene rings is 4.